The van der Waals surface area contributed by atoms with Gasteiger partial charge in [0, 0.05) is 25.3 Å². The lowest BCUT2D eigenvalue weighted by molar-refractivity contribution is -0.115. The Hall–Kier alpha value is -2.57. The van der Waals surface area contributed by atoms with E-state index in [-0.39, 0.29) is 5.91 Å². The number of carbonyl (C=O) groups excluding carboxylic acids is 1. The van der Waals surface area contributed by atoms with Gasteiger partial charge >= 0.3 is 0 Å². The molecule has 6 heteroatoms. The van der Waals surface area contributed by atoms with Crippen LogP contribution in [0.4, 0.5) is 5.69 Å². The van der Waals surface area contributed by atoms with E-state index in [0.29, 0.717) is 15.8 Å². The second kappa shape index (κ2) is 9.29. The molecular weight excluding hydrogens is 400 g/mol. The number of benzene rings is 2. The van der Waals surface area contributed by atoms with Gasteiger partial charge in [0.2, 0.25) is 0 Å². The summed E-state index contributed by atoms with van der Waals surface area (Å²) in [6.45, 7) is 4.55. The molecule has 0 saturated carbocycles. The van der Waals surface area contributed by atoms with Gasteiger partial charge in [-0.3, -0.25) is 4.79 Å². The highest BCUT2D eigenvalue weighted by atomic mass is 32.2. The lowest BCUT2D eigenvalue weighted by Crippen LogP contribution is -2.17. The molecule has 150 valence electrons. The second-order valence-electron chi connectivity index (χ2n) is 7.14. The van der Waals surface area contributed by atoms with Crippen LogP contribution in [0.5, 0.6) is 5.75 Å². The third kappa shape index (κ3) is 5.49. The molecule has 4 nitrogen and oxygen atoms in total. The molecule has 2 aromatic carbocycles. The van der Waals surface area contributed by atoms with Crippen LogP contribution in [0.2, 0.25) is 0 Å². The highest BCUT2D eigenvalue weighted by Crippen LogP contribution is 2.33. The number of ether oxygens (including phenoxy) is 1. The lowest BCUT2D eigenvalue weighted by Gasteiger charge is -2.14. The van der Waals surface area contributed by atoms with Crippen molar-refractivity contribution in [3.8, 4) is 16.9 Å². The SMILES string of the molecule is CC(C)=CCOc1ccc(-c2ccc(N(C)C)cc2)cc1C=C1SC(=S)NC1=O. The molecule has 2 aromatic rings. The molecule has 0 unspecified atom stereocenters. The molecular formula is C23H24N2O2S2. The zero-order chi connectivity index (χ0) is 21.0. The van der Waals surface area contributed by atoms with Crippen LogP contribution in [0, 0.1) is 0 Å². The topological polar surface area (TPSA) is 41.6 Å². The van der Waals surface area contributed by atoms with Crippen molar-refractivity contribution in [1.82, 2.24) is 5.32 Å². The highest BCUT2D eigenvalue weighted by molar-refractivity contribution is 8.26. The molecule has 1 saturated heterocycles. The number of allylic oxidation sites excluding steroid dienone is 1. The highest BCUT2D eigenvalue weighted by Gasteiger charge is 2.22. The minimum Gasteiger partial charge on any atom is -0.489 e. The van der Waals surface area contributed by atoms with Crippen molar-refractivity contribution in [2.24, 2.45) is 0 Å². The van der Waals surface area contributed by atoms with Crippen LogP contribution in [0.1, 0.15) is 19.4 Å². The molecule has 1 aliphatic rings. The molecule has 0 aliphatic carbocycles. The molecule has 29 heavy (non-hydrogen) atoms. The first-order valence-corrected chi connectivity index (χ1v) is 10.5. The molecule has 3 rings (SSSR count). The summed E-state index contributed by atoms with van der Waals surface area (Å²) >= 11 is 6.38. The fourth-order valence-corrected chi connectivity index (χ4v) is 3.82. The molecule has 0 radical (unpaired) electrons. The number of nitrogens with one attached hydrogen (secondary N) is 1. The summed E-state index contributed by atoms with van der Waals surface area (Å²) < 4.78 is 6.44. The molecule has 1 N–H and O–H groups in total. The van der Waals surface area contributed by atoms with Crippen LogP contribution in [-0.4, -0.2) is 30.9 Å². The third-order valence-electron chi connectivity index (χ3n) is 4.39. The Balaban J connectivity index is 1.97. The summed E-state index contributed by atoms with van der Waals surface area (Å²) in [6.07, 6.45) is 3.87. The van der Waals surface area contributed by atoms with Gasteiger partial charge in [0.05, 0.1) is 4.91 Å². The number of hydrogen-bond donors (Lipinski definition) is 1. The fraction of sp³-hybridized carbons (Fsp3) is 0.217. The first-order chi connectivity index (χ1) is 13.8. The van der Waals surface area contributed by atoms with Gasteiger partial charge in [-0.2, -0.15) is 0 Å². The van der Waals surface area contributed by atoms with E-state index in [4.69, 9.17) is 17.0 Å². The van der Waals surface area contributed by atoms with E-state index in [2.05, 4.69) is 34.5 Å². The quantitative estimate of drug-likeness (QED) is 0.389. The van der Waals surface area contributed by atoms with Crippen molar-refractivity contribution >= 4 is 46.0 Å². The Labute approximate surface area is 181 Å². The minimum absolute atomic E-state index is 0.170. The number of hydrogen-bond acceptors (Lipinski definition) is 5. The smallest absolute Gasteiger partial charge is 0.263 e. The summed E-state index contributed by atoms with van der Waals surface area (Å²) in [4.78, 5) is 14.8. The maximum Gasteiger partial charge on any atom is 0.263 e. The predicted molar refractivity (Wildman–Crippen MR) is 127 cm³/mol. The normalized spacial score (nSPS) is 14.7. The molecule has 1 fully saturated rings. The average molecular weight is 425 g/mol. The summed E-state index contributed by atoms with van der Waals surface area (Å²) in [5, 5.41) is 2.66. The maximum atomic E-state index is 12.1. The second-order valence-corrected chi connectivity index (χ2v) is 8.86. The first-order valence-electron chi connectivity index (χ1n) is 9.26. The zero-order valence-corrected chi connectivity index (χ0v) is 18.6. The van der Waals surface area contributed by atoms with E-state index in [1.165, 1.54) is 17.3 Å². The fourth-order valence-electron chi connectivity index (χ4n) is 2.78. The van der Waals surface area contributed by atoms with Crippen LogP contribution in [0.15, 0.2) is 59.0 Å². The monoisotopic (exact) mass is 424 g/mol. The summed E-state index contributed by atoms with van der Waals surface area (Å²) in [7, 11) is 4.04. The van der Waals surface area contributed by atoms with Gasteiger partial charge in [-0.25, -0.2) is 0 Å². The molecule has 0 atom stereocenters. The van der Waals surface area contributed by atoms with Crippen LogP contribution in [-0.2, 0) is 4.79 Å². The number of nitrogens with zero attached hydrogens (tertiary/aromatic N) is 1. The number of rotatable bonds is 6. The van der Waals surface area contributed by atoms with Crippen molar-refractivity contribution in [1.29, 1.82) is 0 Å². The minimum atomic E-state index is -0.170. The van der Waals surface area contributed by atoms with Crippen LogP contribution in [0.3, 0.4) is 0 Å². The van der Waals surface area contributed by atoms with Crippen LogP contribution in [0.25, 0.3) is 17.2 Å². The summed E-state index contributed by atoms with van der Waals surface area (Å²) in [5.74, 6) is 0.561. The number of thiocarbonyl (C=S) groups is 1. The maximum absolute atomic E-state index is 12.1. The van der Waals surface area contributed by atoms with Crippen LogP contribution < -0.4 is 15.0 Å². The number of anilines is 1. The first kappa shape index (κ1) is 21.1. The number of thioether (sulfide) groups is 1. The molecule has 0 spiro atoms. The van der Waals surface area contributed by atoms with Crippen molar-refractivity contribution in [3.63, 3.8) is 0 Å². The Morgan fingerprint density at radius 1 is 1.14 bits per heavy atom. The van der Waals surface area contributed by atoms with Gasteiger partial charge in [-0.15, -0.1) is 0 Å². The lowest BCUT2D eigenvalue weighted by atomic mass is 10.0. The molecule has 0 aromatic heterocycles. The standard InChI is InChI=1S/C23H24N2O2S2/c1-15(2)11-12-27-20-10-7-17(16-5-8-19(9-6-16)25(3)4)13-18(20)14-21-22(26)24-23(28)29-21/h5-11,13-14H,12H2,1-4H3,(H,24,26,28). The van der Waals surface area contributed by atoms with Crippen molar-refractivity contribution < 1.29 is 9.53 Å². The third-order valence-corrected chi connectivity index (χ3v) is 5.55. The van der Waals surface area contributed by atoms with E-state index in [0.717, 1.165) is 28.1 Å². The van der Waals surface area contributed by atoms with E-state index in [9.17, 15) is 4.79 Å². The van der Waals surface area contributed by atoms with E-state index in [1.807, 2.05) is 58.3 Å². The Morgan fingerprint density at radius 3 is 2.41 bits per heavy atom. The number of amides is 1. The van der Waals surface area contributed by atoms with Gasteiger partial charge in [-0.05, 0) is 61.4 Å². The van der Waals surface area contributed by atoms with E-state index >= 15 is 0 Å². The van der Waals surface area contributed by atoms with Crippen LogP contribution >= 0.6 is 24.0 Å². The largest absolute Gasteiger partial charge is 0.489 e. The Kier molecular flexibility index (Phi) is 6.77. The molecule has 1 amide bonds. The van der Waals surface area contributed by atoms with Gasteiger partial charge in [0.25, 0.3) is 5.91 Å². The van der Waals surface area contributed by atoms with E-state index in [1.54, 1.807) is 0 Å². The van der Waals surface area contributed by atoms with Gasteiger partial charge in [0.15, 0.2) is 0 Å². The van der Waals surface area contributed by atoms with E-state index < -0.39 is 0 Å². The number of carbonyl (C=O) groups is 1. The summed E-state index contributed by atoms with van der Waals surface area (Å²) in [5.41, 5.74) is 5.35. The Bertz CT molecular complexity index is 988. The predicted octanol–water partition coefficient (Wildman–Crippen LogP) is 5.25. The average Bonchev–Trinajstić information content (AvgIpc) is 2.99. The molecule has 1 heterocycles. The van der Waals surface area contributed by atoms with Crippen molar-refractivity contribution in [3.05, 3.63) is 64.6 Å². The van der Waals surface area contributed by atoms with Gasteiger partial charge in [0.1, 0.15) is 16.7 Å². The van der Waals surface area contributed by atoms with Gasteiger partial charge in [-0.1, -0.05) is 47.8 Å². The Morgan fingerprint density at radius 2 is 1.83 bits per heavy atom. The summed E-state index contributed by atoms with van der Waals surface area (Å²) in [6, 6.07) is 14.4. The molecule has 1 aliphatic heterocycles. The van der Waals surface area contributed by atoms with Gasteiger partial charge < -0.3 is 15.0 Å². The zero-order valence-electron chi connectivity index (χ0n) is 17.0. The van der Waals surface area contributed by atoms with Crippen molar-refractivity contribution in [2.45, 2.75) is 13.8 Å². The molecule has 0 bridgehead atoms. The van der Waals surface area contributed by atoms with Crippen molar-refractivity contribution in [2.75, 3.05) is 25.6 Å².